The molecular weight excluding hydrogens is 434 g/mol. The maximum absolute atomic E-state index is 10.6. The van der Waals surface area contributed by atoms with Gasteiger partial charge in [-0.05, 0) is 36.4 Å². The van der Waals surface area contributed by atoms with E-state index in [-0.39, 0.29) is 5.69 Å². The number of non-ortho nitro benzene ring substituents is 1. The smallest absolute Gasteiger partial charge is 0.269 e. The van der Waals surface area contributed by atoms with Gasteiger partial charge in [0.25, 0.3) is 5.69 Å². The van der Waals surface area contributed by atoms with Gasteiger partial charge in [-0.1, -0.05) is 0 Å². The highest BCUT2D eigenvalue weighted by Gasteiger charge is 2.04. The fraction of sp³-hybridized carbons (Fsp3) is 0.435. The molecule has 0 radical (unpaired) electrons. The zero-order valence-corrected chi connectivity index (χ0v) is 18.4. The minimum atomic E-state index is -0.455. The van der Waals surface area contributed by atoms with E-state index in [1.165, 1.54) is 12.1 Å². The second-order valence-electron chi connectivity index (χ2n) is 6.58. The summed E-state index contributed by atoms with van der Waals surface area (Å²) in [5.74, 6) is 1.25. The summed E-state index contributed by atoms with van der Waals surface area (Å²) in [5, 5.41) is 10.6. The van der Waals surface area contributed by atoms with Crippen molar-refractivity contribution in [2.45, 2.75) is 0 Å². The number of carbonyl (C=O) groups excluding carboxylic acids is 1. The van der Waals surface area contributed by atoms with Crippen LogP contribution in [0.1, 0.15) is 10.4 Å². The SMILES string of the molecule is O=Cc1ccc(OCCOCCOCCOCCOCCOc2ccc([N+](=O)[O-])cc2)cc1. The second kappa shape index (κ2) is 16.6. The highest BCUT2D eigenvalue weighted by atomic mass is 16.6. The van der Waals surface area contributed by atoms with Gasteiger partial charge >= 0.3 is 0 Å². The molecule has 0 spiro atoms. The number of nitro groups is 1. The zero-order valence-electron chi connectivity index (χ0n) is 18.4. The molecule has 0 saturated carbocycles. The fourth-order valence-corrected chi connectivity index (χ4v) is 2.51. The first kappa shape index (κ1) is 26.2. The van der Waals surface area contributed by atoms with E-state index in [9.17, 15) is 14.9 Å². The first-order chi connectivity index (χ1) is 16.2. The van der Waals surface area contributed by atoms with Gasteiger partial charge in [0.15, 0.2) is 0 Å². The normalized spacial score (nSPS) is 10.7. The molecule has 0 bridgehead atoms. The zero-order chi connectivity index (χ0) is 23.6. The summed E-state index contributed by atoms with van der Waals surface area (Å²) in [7, 11) is 0. The van der Waals surface area contributed by atoms with E-state index >= 15 is 0 Å². The Balaban J connectivity index is 1.30. The maximum Gasteiger partial charge on any atom is 0.269 e. The summed E-state index contributed by atoms with van der Waals surface area (Å²) >= 11 is 0. The molecule has 2 rings (SSSR count). The van der Waals surface area contributed by atoms with Gasteiger partial charge in [0.05, 0.1) is 57.8 Å². The quantitative estimate of drug-likeness (QED) is 0.134. The minimum absolute atomic E-state index is 0.0252. The van der Waals surface area contributed by atoms with Gasteiger partial charge in [-0.3, -0.25) is 14.9 Å². The molecule has 0 fully saturated rings. The van der Waals surface area contributed by atoms with Gasteiger partial charge in [0, 0.05) is 17.7 Å². The Morgan fingerprint density at radius 2 is 0.970 bits per heavy atom. The molecule has 0 saturated heterocycles. The number of hydrogen-bond donors (Lipinski definition) is 0. The number of rotatable bonds is 19. The Labute approximate surface area is 192 Å². The van der Waals surface area contributed by atoms with Crippen LogP contribution in [0, 0.1) is 10.1 Å². The van der Waals surface area contributed by atoms with E-state index in [1.807, 2.05) is 0 Å². The second-order valence-corrected chi connectivity index (χ2v) is 6.58. The molecular formula is C23H29NO9. The van der Waals surface area contributed by atoms with Crippen LogP contribution in [0.2, 0.25) is 0 Å². The van der Waals surface area contributed by atoms with E-state index in [2.05, 4.69) is 0 Å². The molecule has 0 aliphatic heterocycles. The number of nitro benzene ring substituents is 1. The van der Waals surface area contributed by atoms with E-state index < -0.39 is 4.92 Å². The predicted molar refractivity (Wildman–Crippen MR) is 119 cm³/mol. The predicted octanol–water partition coefficient (Wildman–Crippen LogP) is 2.93. The van der Waals surface area contributed by atoms with Crippen molar-refractivity contribution >= 4 is 12.0 Å². The fourth-order valence-electron chi connectivity index (χ4n) is 2.51. The van der Waals surface area contributed by atoms with E-state index in [0.717, 1.165) is 6.29 Å². The van der Waals surface area contributed by atoms with Gasteiger partial charge in [-0.2, -0.15) is 0 Å². The molecule has 0 aromatic heterocycles. The van der Waals surface area contributed by atoms with Crippen molar-refractivity contribution in [3.63, 3.8) is 0 Å². The van der Waals surface area contributed by atoms with Crippen molar-refractivity contribution in [3.8, 4) is 11.5 Å². The van der Waals surface area contributed by atoms with Gasteiger partial charge < -0.3 is 28.4 Å². The average Bonchev–Trinajstić information content (AvgIpc) is 2.84. The first-order valence-electron chi connectivity index (χ1n) is 10.6. The summed E-state index contributed by atoms with van der Waals surface area (Å²) in [6.45, 7) is 4.34. The van der Waals surface area contributed by atoms with Crippen molar-refractivity contribution in [3.05, 3.63) is 64.2 Å². The number of nitrogens with zero attached hydrogens (tertiary/aromatic N) is 1. The third-order valence-corrected chi connectivity index (χ3v) is 4.17. The number of benzene rings is 2. The Bertz CT molecular complexity index is 797. The lowest BCUT2D eigenvalue weighted by atomic mass is 10.2. The summed E-state index contributed by atoms with van der Waals surface area (Å²) in [4.78, 5) is 20.7. The topological polar surface area (TPSA) is 116 Å². The van der Waals surface area contributed by atoms with Crippen molar-refractivity contribution in [1.29, 1.82) is 0 Å². The summed E-state index contributed by atoms with van der Waals surface area (Å²) in [6.07, 6.45) is 0.788. The molecule has 0 unspecified atom stereocenters. The Morgan fingerprint density at radius 1 is 0.606 bits per heavy atom. The van der Waals surface area contributed by atoms with E-state index in [1.54, 1.807) is 36.4 Å². The van der Waals surface area contributed by atoms with Crippen LogP contribution in [0.4, 0.5) is 5.69 Å². The molecule has 0 N–H and O–H groups in total. The molecule has 2 aromatic carbocycles. The molecule has 10 heteroatoms. The molecule has 180 valence electrons. The third kappa shape index (κ3) is 11.9. The van der Waals surface area contributed by atoms with Crippen molar-refractivity contribution in [2.75, 3.05) is 66.1 Å². The van der Waals surface area contributed by atoms with Crippen LogP contribution in [-0.4, -0.2) is 77.3 Å². The minimum Gasteiger partial charge on any atom is -0.491 e. The highest BCUT2D eigenvalue weighted by Crippen LogP contribution is 2.17. The molecule has 2 aromatic rings. The standard InChI is InChI=1S/C23H29NO9/c25-19-20-1-5-22(6-2-20)32-17-15-30-13-11-28-9-10-29-12-14-31-16-18-33-23-7-3-21(4-8-23)24(26)27/h1-8,19H,9-18H2. The van der Waals surface area contributed by atoms with Crippen LogP contribution < -0.4 is 9.47 Å². The van der Waals surface area contributed by atoms with Gasteiger partial charge in [0.1, 0.15) is 31.0 Å². The average molecular weight is 463 g/mol. The lowest BCUT2D eigenvalue weighted by molar-refractivity contribution is -0.384. The Kier molecular flexibility index (Phi) is 13.2. The van der Waals surface area contributed by atoms with Crippen LogP contribution in [0.15, 0.2) is 48.5 Å². The Hall–Kier alpha value is -3.05. The molecule has 0 heterocycles. The van der Waals surface area contributed by atoms with Gasteiger partial charge in [-0.25, -0.2) is 0 Å². The molecule has 0 amide bonds. The van der Waals surface area contributed by atoms with Crippen LogP contribution in [0.25, 0.3) is 0 Å². The van der Waals surface area contributed by atoms with Gasteiger partial charge in [-0.15, -0.1) is 0 Å². The molecule has 10 nitrogen and oxygen atoms in total. The molecule has 0 aliphatic rings. The van der Waals surface area contributed by atoms with Crippen molar-refractivity contribution in [2.24, 2.45) is 0 Å². The highest BCUT2D eigenvalue weighted by molar-refractivity contribution is 5.74. The van der Waals surface area contributed by atoms with Gasteiger partial charge in [0.2, 0.25) is 0 Å². The first-order valence-corrected chi connectivity index (χ1v) is 10.6. The lowest BCUT2D eigenvalue weighted by Crippen LogP contribution is -2.14. The van der Waals surface area contributed by atoms with Crippen LogP contribution >= 0.6 is 0 Å². The number of aldehydes is 1. The monoisotopic (exact) mass is 463 g/mol. The third-order valence-electron chi connectivity index (χ3n) is 4.17. The number of hydrogen-bond acceptors (Lipinski definition) is 9. The number of ether oxygens (including phenoxy) is 6. The summed E-state index contributed by atoms with van der Waals surface area (Å²) in [6, 6.07) is 12.8. The summed E-state index contributed by atoms with van der Waals surface area (Å²) in [5.41, 5.74) is 0.635. The summed E-state index contributed by atoms with van der Waals surface area (Å²) < 4.78 is 32.6. The molecule has 33 heavy (non-hydrogen) atoms. The van der Waals surface area contributed by atoms with Crippen molar-refractivity contribution in [1.82, 2.24) is 0 Å². The van der Waals surface area contributed by atoms with Crippen LogP contribution in [0.3, 0.4) is 0 Å². The lowest BCUT2D eigenvalue weighted by Gasteiger charge is -2.09. The van der Waals surface area contributed by atoms with Crippen molar-refractivity contribution < 1.29 is 38.1 Å². The largest absolute Gasteiger partial charge is 0.491 e. The van der Waals surface area contributed by atoms with Crippen LogP contribution in [0.5, 0.6) is 11.5 Å². The Morgan fingerprint density at radius 3 is 1.33 bits per heavy atom. The molecule has 0 aliphatic carbocycles. The number of carbonyl (C=O) groups is 1. The maximum atomic E-state index is 10.6. The van der Waals surface area contributed by atoms with E-state index in [4.69, 9.17) is 28.4 Å². The van der Waals surface area contributed by atoms with E-state index in [0.29, 0.717) is 83.1 Å². The van der Waals surface area contributed by atoms with Crippen LogP contribution in [-0.2, 0) is 18.9 Å². The molecule has 0 atom stereocenters.